The van der Waals surface area contributed by atoms with Crippen molar-refractivity contribution in [2.24, 2.45) is 11.8 Å². The van der Waals surface area contributed by atoms with Crippen LogP contribution in [-0.4, -0.2) is 41.2 Å². The predicted octanol–water partition coefficient (Wildman–Crippen LogP) is 5.58. The van der Waals surface area contributed by atoms with E-state index < -0.39 is 5.97 Å². The van der Waals surface area contributed by atoms with Crippen LogP contribution in [0.1, 0.15) is 31.4 Å². The zero-order chi connectivity index (χ0) is 24.1. The molecule has 3 aromatic rings. The fourth-order valence-corrected chi connectivity index (χ4v) is 4.82. The van der Waals surface area contributed by atoms with E-state index >= 15 is 4.39 Å². The summed E-state index contributed by atoms with van der Waals surface area (Å²) in [5, 5.41) is 13.6. The van der Waals surface area contributed by atoms with Gasteiger partial charge in [0.15, 0.2) is 0 Å². The Labute approximate surface area is 199 Å². The number of aromatic nitrogens is 2. The molecule has 1 aliphatic carbocycles. The molecule has 1 heterocycles. The lowest BCUT2D eigenvalue weighted by Crippen LogP contribution is -2.23. The van der Waals surface area contributed by atoms with Crippen LogP contribution >= 0.6 is 0 Å². The summed E-state index contributed by atoms with van der Waals surface area (Å²) in [6.45, 7) is 3.08. The maximum Gasteiger partial charge on any atom is 0.329 e. The lowest BCUT2D eigenvalue weighted by molar-refractivity contribution is -0.142. The van der Waals surface area contributed by atoms with Gasteiger partial charge in [0.25, 0.3) is 0 Å². The number of ether oxygens (including phenoxy) is 2. The molecule has 1 saturated carbocycles. The number of carbonyl (C=O) groups is 1. The van der Waals surface area contributed by atoms with Gasteiger partial charge < -0.3 is 14.6 Å². The maximum absolute atomic E-state index is 15.0. The Morgan fingerprint density at radius 3 is 2.47 bits per heavy atom. The molecule has 1 fully saturated rings. The molecule has 0 aliphatic heterocycles. The summed E-state index contributed by atoms with van der Waals surface area (Å²) in [4.78, 5) is 10.7. The third kappa shape index (κ3) is 5.47. The van der Waals surface area contributed by atoms with Gasteiger partial charge in [0, 0.05) is 29.4 Å². The molecule has 0 spiro atoms. The molecule has 0 radical (unpaired) electrons. The minimum Gasteiger partial charge on any atom is -0.497 e. The SMILES string of the molecule is COc1ccc(-c2nn(CC3CCC(COCC(=O)O)CC3)c(C)c2-c2ccccc2)c(F)c1. The van der Waals surface area contributed by atoms with Gasteiger partial charge in [0.2, 0.25) is 0 Å². The second-order valence-electron chi connectivity index (χ2n) is 9.00. The van der Waals surface area contributed by atoms with Crippen LogP contribution < -0.4 is 4.74 Å². The Morgan fingerprint density at radius 1 is 1.12 bits per heavy atom. The zero-order valence-electron chi connectivity index (χ0n) is 19.7. The van der Waals surface area contributed by atoms with Crippen LogP contribution in [0.5, 0.6) is 5.75 Å². The van der Waals surface area contributed by atoms with Gasteiger partial charge in [0.05, 0.1) is 13.7 Å². The van der Waals surface area contributed by atoms with Crippen LogP contribution in [0.2, 0.25) is 0 Å². The Hall–Kier alpha value is -3.19. The van der Waals surface area contributed by atoms with E-state index in [1.54, 1.807) is 12.1 Å². The predicted molar refractivity (Wildman–Crippen MR) is 128 cm³/mol. The fourth-order valence-electron chi connectivity index (χ4n) is 4.82. The van der Waals surface area contributed by atoms with E-state index in [9.17, 15) is 4.79 Å². The minimum atomic E-state index is -0.929. The van der Waals surface area contributed by atoms with Crippen molar-refractivity contribution in [1.29, 1.82) is 0 Å². The average Bonchev–Trinajstić information content (AvgIpc) is 3.15. The highest BCUT2D eigenvalue weighted by atomic mass is 19.1. The van der Waals surface area contributed by atoms with Crippen molar-refractivity contribution < 1.29 is 23.8 Å². The van der Waals surface area contributed by atoms with Gasteiger partial charge in [-0.1, -0.05) is 30.3 Å². The monoisotopic (exact) mass is 466 g/mol. The summed E-state index contributed by atoms with van der Waals surface area (Å²) in [6.07, 6.45) is 4.09. The Kier molecular flexibility index (Phi) is 7.63. The number of methoxy groups -OCH3 is 1. The zero-order valence-corrected chi connectivity index (χ0v) is 19.7. The van der Waals surface area contributed by atoms with E-state index in [0.717, 1.165) is 49.0 Å². The standard InChI is InChI=1S/C27H31FN2O4/c1-18-26(21-6-4-3-5-7-21)27(23-13-12-22(33-2)14-24(23)28)29-30(18)15-19-8-10-20(11-9-19)16-34-17-25(31)32/h3-7,12-14,19-20H,8-11,15-17H2,1-2H3,(H,31,32). The van der Waals surface area contributed by atoms with Crippen molar-refractivity contribution in [3.05, 3.63) is 60.0 Å². The lowest BCUT2D eigenvalue weighted by Gasteiger charge is -2.28. The molecule has 0 atom stereocenters. The Morgan fingerprint density at radius 2 is 1.82 bits per heavy atom. The number of rotatable bonds is 9. The van der Waals surface area contributed by atoms with E-state index in [4.69, 9.17) is 19.7 Å². The van der Waals surface area contributed by atoms with Crippen LogP contribution in [0.25, 0.3) is 22.4 Å². The maximum atomic E-state index is 15.0. The number of halogens is 1. The summed E-state index contributed by atoms with van der Waals surface area (Å²) in [6, 6.07) is 14.9. The van der Waals surface area contributed by atoms with Gasteiger partial charge in [-0.05, 0) is 62.1 Å². The molecule has 1 aromatic heterocycles. The molecule has 1 N–H and O–H groups in total. The summed E-state index contributed by atoms with van der Waals surface area (Å²) in [7, 11) is 1.52. The molecule has 34 heavy (non-hydrogen) atoms. The van der Waals surface area contributed by atoms with E-state index in [0.29, 0.717) is 35.4 Å². The first-order valence-electron chi connectivity index (χ1n) is 11.7. The highest BCUT2D eigenvalue weighted by molar-refractivity contribution is 5.83. The quantitative estimate of drug-likeness (QED) is 0.446. The number of nitrogens with zero attached hydrogens (tertiary/aromatic N) is 2. The molecule has 4 rings (SSSR count). The third-order valence-corrected chi connectivity index (χ3v) is 6.68. The van der Waals surface area contributed by atoms with Gasteiger partial charge in [0.1, 0.15) is 23.9 Å². The molecule has 7 heteroatoms. The van der Waals surface area contributed by atoms with Gasteiger partial charge in [-0.25, -0.2) is 9.18 Å². The summed E-state index contributed by atoms with van der Waals surface area (Å²) in [5.41, 5.74) is 4.07. The second kappa shape index (κ2) is 10.8. The molecule has 2 aromatic carbocycles. The van der Waals surface area contributed by atoms with Crippen molar-refractivity contribution in [3.63, 3.8) is 0 Å². The third-order valence-electron chi connectivity index (χ3n) is 6.68. The van der Waals surface area contributed by atoms with Gasteiger partial charge >= 0.3 is 5.97 Å². The normalized spacial score (nSPS) is 18.1. The highest BCUT2D eigenvalue weighted by Crippen LogP contribution is 2.38. The largest absolute Gasteiger partial charge is 0.497 e. The van der Waals surface area contributed by atoms with Crippen LogP contribution in [-0.2, 0) is 16.1 Å². The first kappa shape index (κ1) is 24.0. The summed E-state index contributed by atoms with van der Waals surface area (Å²) in [5.74, 6) is 0.0524. The van der Waals surface area contributed by atoms with E-state index in [1.807, 2.05) is 41.9 Å². The molecule has 0 saturated heterocycles. The molecular formula is C27H31FN2O4. The van der Waals surface area contributed by atoms with Crippen molar-refractivity contribution in [1.82, 2.24) is 9.78 Å². The molecule has 6 nitrogen and oxygen atoms in total. The molecular weight excluding hydrogens is 435 g/mol. The van der Waals surface area contributed by atoms with Gasteiger partial charge in [-0.2, -0.15) is 5.10 Å². The van der Waals surface area contributed by atoms with Gasteiger partial charge in [-0.15, -0.1) is 0 Å². The first-order valence-corrected chi connectivity index (χ1v) is 11.7. The fraction of sp³-hybridized carbons (Fsp3) is 0.407. The van der Waals surface area contributed by atoms with Crippen molar-refractivity contribution >= 4 is 5.97 Å². The molecule has 0 amide bonds. The number of benzene rings is 2. The van der Waals surface area contributed by atoms with Gasteiger partial charge in [-0.3, -0.25) is 4.68 Å². The van der Waals surface area contributed by atoms with Crippen LogP contribution in [0.15, 0.2) is 48.5 Å². The Balaban J connectivity index is 1.56. The van der Waals surface area contributed by atoms with Crippen molar-refractivity contribution in [3.8, 4) is 28.1 Å². The number of hydrogen-bond acceptors (Lipinski definition) is 4. The minimum absolute atomic E-state index is 0.237. The Bertz CT molecular complexity index is 1120. The molecule has 180 valence electrons. The van der Waals surface area contributed by atoms with E-state index in [1.165, 1.54) is 13.2 Å². The highest BCUT2D eigenvalue weighted by Gasteiger charge is 2.25. The number of aliphatic carboxylic acids is 1. The van der Waals surface area contributed by atoms with E-state index in [2.05, 4.69) is 0 Å². The first-order chi connectivity index (χ1) is 16.5. The average molecular weight is 467 g/mol. The smallest absolute Gasteiger partial charge is 0.329 e. The van der Waals surface area contributed by atoms with Crippen LogP contribution in [0.4, 0.5) is 4.39 Å². The summed E-state index contributed by atoms with van der Waals surface area (Å²) >= 11 is 0. The second-order valence-corrected chi connectivity index (χ2v) is 9.00. The lowest BCUT2D eigenvalue weighted by atomic mass is 9.82. The van der Waals surface area contributed by atoms with Crippen molar-refractivity contribution in [2.75, 3.05) is 20.3 Å². The molecule has 0 bridgehead atoms. The molecule has 1 aliphatic rings. The van der Waals surface area contributed by atoms with Crippen molar-refractivity contribution in [2.45, 2.75) is 39.2 Å². The molecule has 0 unspecified atom stereocenters. The number of hydrogen-bond donors (Lipinski definition) is 1. The van der Waals surface area contributed by atoms with E-state index in [-0.39, 0.29) is 12.4 Å². The topological polar surface area (TPSA) is 73.6 Å². The van der Waals surface area contributed by atoms with Crippen LogP contribution in [0.3, 0.4) is 0 Å². The van der Waals surface area contributed by atoms with Crippen LogP contribution in [0, 0.1) is 24.6 Å². The number of carboxylic acids is 1. The summed E-state index contributed by atoms with van der Waals surface area (Å²) < 4.78 is 27.5. The number of carboxylic acid groups (broad SMARTS) is 1.